The third kappa shape index (κ3) is 4.69. The number of hydrogen-bond donors (Lipinski definition) is 2. The predicted molar refractivity (Wildman–Crippen MR) is 127 cm³/mol. The Morgan fingerprint density at radius 1 is 1.00 bits per heavy atom. The van der Waals surface area contributed by atoms with E-state index in [1.807, 2.05) is 0 Å². The van der Waals surface area contributed by atoms with Gasteiger partial charge in [-0.15, -0.1) is 5.10 Å². The van der Waals surface area contributed by atoms with E-state index in [-0.39, 0.29) is 17.5 Å². The fraction of sp³-hybridized carbons (Fsp3) is 0.542. The maximum absolute atomic E-state index is 14.6. The molecule has 2 saturated heterocycles. The Morgan fingerprint density at radius 3 is 2.77 bits per heavy atom. The Hall–Kier alpha value is -3.21. The molecule has 4 heterocycles. The number of rotatable bonds is 7. The normalized spacial score (nSPS) is 22.6. The second kappa shape index (κ2) is 9.44. The third-order valence-corrected chi connectivity index (χ3v) is 7.38. The molecule has 9 nitrogen and oxygen atoms in total. The molecule has 2 aromatic heterocycles. The quantitative estimate of drug-likeness (QED) is 0.522. The van der Waals surface area contributed by atoms with E-state index in [4.69, 9.17) is 0 Å². The van der Waals surface area contributed by atoms with Gasteiger partial charge in [-0.2, -0.15) is 9.67 Å². The summed E-state index contributed by atoms with van der Waals surface area (Å²) in [6.07, 6.45) is 9.22. The lowest BCUT2D eigenvalue weighted by Gasteiger charge is -2.44. The molecule has 1 aromatic carbocycles. The van der Waals surface area contributed by atoms with E-state index in [1.54, 1.807) is 16.8 Å². The second-order valence-corrected chi connectivity index (χ2v) is 9.78. The first-order chi connectivity index (χ1) is 17.2. The molecule has 35 heavy (non-hydrogen) atoms. The number of halogens is 2. The minimum absolute atomic E-state index is 0.118. The van der Waals surface area contributed by atoms with Crippen molar-refractivity contribution < 1.29 is 8.78 Å². The van der Waals surface area contributed by atoms with Crippen LogP contribution in [0.15, 0.2) is 24.4 Å². The SMILES string of the molecule is Fc1ccc(-n2nnnc2C2CC2)cc1Nc1ncc(F)c(NC[C@@H]2CCCN3CCCC[C@H]23)n1. The van der Waals surface area contributed by atoms with E-state index in [0.29, 0.717) is 30.1 Å². The summed E-state index contributed by atoms with van der Waals surface area (Å²) in [7, 11) is 0. The monoisotopic (exact) mass is 481 g/mol. The Balaban J connectivity index is 1.18. The Kier molecular flexibility index (Phi) is 6.01. The summed E-state index contributed by atoms with van der Waals surface area (Å²) in [4.78, 5) is 10.9. The summed E-state index contributed by atoms with van der Waals surface area (Å²) in [6.45, 7) is 2.98. The standard InChI is InChI=1S/C24H29F2N9/c25-18-9-8-17(35-23(15-6-7-15)31-32-33-35)12-20(18)29-24-28-14-19(26)22(30-24)27-13-16-4-3-11-34-10-2-1-5-21(16)34/h8-9,12,14-16,21H,1-7,10-11,13H2,(H2,27,28,29,30)/t16-,21+/m0/s1. The van der Waals surface area contributed by atoms with E-state index in [0.717, 1.165) is 44.4 Å². The molecule has 3 aromatic rings. The number of anilines is 3. The molecule has 0 bridgehead atoms. The van der Waals surface area contributed by atoms with Gasteiger partial charge in [0.05, 0.1) is 17.6 Å². The molecular formula is C24H29F2N9. The number of nitrogens with zero attached hydrogens (tertiary/aromatic N) is 7. The van der Waals surface area contributed by atoms with Crippen molar-refractivity contribution in [2.24, 2.45) is 5.92 Å². The number of hydrogen-bond acceptors (Lipinski definition) is 8. The van der Waals surface area contributed by atoms with Crippen molar-refractivity contribution in [3.05, 3.63) is 41.9 Å². The van der Waals surface area contributed by atoms with Crippen LogP contribution in [0.3, 0.4) is 0 Å². The van der Waals surface area contributed by atoms with Gasteiger partial charge >= 0.3 is 0 Å². The number of aromatic nitrogens is 6. The molecule has 1 aliphatic carbocycles. The largest absolute Gasteiger partial charge is 0.367 e. The van der Waals surface area contributed by atoms with Crippen LogP contribution >= 0.6 is 0 Å². The van der Waals surface area contributed by atoms with Crippen molar-refractivity contribution in [3.8, 4) is 5.69 Å². The summed E-state index contributed by atoms with van der Waals surface area (Å²) < 4.78 is 30.8. The lowest BCUT2D eigenvalue weighted by Crippen LogP contribution is -2.49. The Bertz CT molecular complexity index is 1190. The van der Waals surface area contributed by atoms with Crippen molar-refractivity contribution in [1.29, 1.82) is 0 Å². The van der Waals surface area contributed by atoms with Crippen molar-refractivity contribution in [2.75, 3.05) is 30.3 Å². The highest BCUT2D eigenvalue weighted by Gasteiger charge is 2.33. The summed E-state index contributed by atoms with van der Waals surface area (Å²) in [5, 5.41) is 18.0. The molecule has 0 amide bonds. The third-order valence-electron chi connectivity index (χ3n) is 7.38. The molecule has 0 unspecified atom stereocenters. The summed E-state index contributed by atoms with van der Waals surface area (Å²) in [5.41, 5.74) is 0.804. The molecule has 11 heteroatoms. The van der Waals surface area contributed by atoms with Crippen LogP contribution in [0.5, 0.6) is 0 Å². The maximum Gasteiger partial charge on any atom is 0.229 e. The highest BCUT2D eigenvalue weighted by Crippen LogP contribution is 2.39. The minimum atomic E-state index is -0.524. The first-order valence-electron chi connectivity index (χ1n) is 12.5. The number of nitrogens with one attached hydrogen (secondary N) is 2. The molecule has 3 fully saturated rings. The average molecular weight is 482 g/mol. The molecule has 0 radical (unpaired) electrons. The van der Waals surface area contributed by atoms with Gasteiger partial charge in [0.2, 0.25) is 5.95 Å². The number of tetrazole rings is 1. The van der Waals surface area contributed by atoms with Crippen molar-refractivity contribution in [2.45, 2.75) is 56.9 Å². The number of benzene rings is 1. The first kappa shape index (κ1) is 22.3. The van der Waals surface area contributed by atoms with Gasteiger partial charge in [-0.05, 0) is 86.2 Å². The van der Waals surface area contributed by atoms with Crippen molar-refractivity contribution in [1.82, 2.24) is 35.1 Å². The van der Waals surface area contributed by atoms with Crippen LogP contribution in [0, 0.1) is 17.6 Å². The van der Waals surface area contributed by atoms with Gasteiger partial charge in [0.15, 0.2) is 17.5 Å². The van der Waals surface area contributed by atoms with Gasteiger partial charge in [-0.3, -0.25) is 0 Å². The molecule has 1 saturated carbocycles. The molecule has 2 N–H and O–H groups in total. The van der Waals surface area contributed by atoms with E-state index in [9.17, 15) is 8.78 Å². The van der Waals surface area contributed by atoms with E-state index in [2.05, 4.69) is 41.0 Å². The predicted octanol–water partition coefficient (Wildman–Crippen LogP) is 4.03. The zero-order chi connectivity index (χ0) is 23.8. The van der Waals surface area contributed by atoms with Gasteiger partial charge in [-0.1, -0.05) is 6.42 Å². The zero-order valence-electron chi connectivity index (χ0n) is 19.5. The molecule has 184 valence electrons. The molecule has 2 aliphatic heterocycles. The average Bonchev–Trinajstić information content (AvgIpc) is 3.61. The van der Waals surface area contributed by atoms with Crippen molar-refractivity contribution >= 4 is 17.5 Å². The van der Waals surface area contributed by atoms with Gasteiger partial charge in [0.25, 0.3) is 0 Å². The summed E-state index contributed by atoms with van der Waals surface area (Å²) in [6, 6.07) is 5.13. The van der Waals surface area contributed by atoms with Gasteiger partial charge < -0.3 is 15.5 Å². The molecule has 3 aliphatic rings. The van der Waals surface area contributed by atoms with Crippen LogP contribution in [-0.2, 0) is 0 Å². The molecule has 6 rings (SSSR count). The molecule has 2 atom stereocenters. The molecule has 0 spiro atoms. The van der Waals surface area contributed by atoms with Gasteiger partial charge in [0.1, 0.15) is 5.82 Å². The van der Waals surface area contributed by atoms with Crippen LogP contribution < -0.4 is 10.6 Å². The zero-order valence-corrected chi connectivity index (χ0v) is 19.5. The van der Waals surface area contributed by atoms with Crippen LogP contribution in [0.4, 0.5) is 26.2 Å². The number of piperidine rings is 2. The highest BCUT2D eigenvalue weighted by atomic mass is 19.1. The maximum atomic E-state index is 14.6. The Labute approximate surface area is 202 Å². The molecular weight excluding hydrogens is 452 g/mol. The van der Waals surface area contributed by atoms with E-state index < -0.39 is 11.6 Å². The lowest BCUT2D eigenvalue weighted by atomic mass is 9.83. The Morgan fingerprint density at radius 2 is 1.89 bits per heavy atom. The summed E-state index contributed by atoms with van der Waals surface area (Å²) >= 11 is 0. The fourth-order valence-corrected chi connectivity index (χ4v) is 5.43. The van der Waals surface area contributed by atoms with Crippen LogP contribution in [-0.4, -0.2) is 60.8 Å². The van der Waals surface area contributed by atoms with Crippen LogP contribution in [0.1, 0.15) is 56.7 Å². The van der Waals surface area contributed by atoms with Gasteiger partial charge in [-0.25, -0.2) is 13.8 Å². The first-order valence-corrected chi connectivity index (χ1v) is 12.5. The summed E-state index contributed by atoms with van der Waals surface area (Å²) in [5.74, 6) is 0.814. The second-order valence-electron chi connectivity index (χ2n) is 9.78. The highest BCUT2D eigenvalue weighted by molar-refractivity contribution is 5.59. The number of fused-ring (bicyclic) bond motifs is 1. The fourth-order valence-electron chi connectivity index (χ4n) is 5.43. The van der Waals surface area contributed by atoms with Crippen LogP contribution in [0.25, 0.3) is 5.69 Å². The smallest absolute Gasteiger partial charge is 0.229 e. The van der Waals surface area contributed by atoms with Gasteiger partial charge in [0, 0.05) is 18.5 Å². The van der Waals surface area contributed by atoms with E-state index >= 15 is 0 Å². The van der Waals surface area contributed by atoms with Crippen molar-refractivity contribution in [3.63, 3.8) is 0 Å². The van der Waals surface area contributed by atoms with Crippen LogP contribution in [0.2, 0.25) is 0 Å². The topological polar surface area (TPSA) is 96.7 Å². The minimum Gasteiger partial charge on any atom is -0.367 e. The lowest BCUT2D eigenvalue weighted by molar-refractivity contribution is 0.0648. The van der Waals surface area contributed by atoms with E-state index in [1.165, 1.54) is 31.7 Å².